The molecule has 0 aliphatic heterocycles. The molecule has 1 atom stereocenters. The van der Waals surface area contributed by atoms with Crippen molar-refractivity contribution in [2.45, 2.75) is 32.7 Å². The molecule has 0 fully saturated rings. The standard InChI is InChI=1S/C21H25N3O/c1-15(2)12-20(21(25)24-11-10-22)17-8-5-7-16(13-17)19-9-4-3-6-18(19)14-23/h3-9,13,15,20H,11-12,14,23H2,1-2H3,(H,24,25)/t20-/m1/s1. The predicted octanol–water partition coefficient (Wildman–Crippen LogP) is 3.58. The Bertz CT molecular complexity index is 762. The fourth-order valence-corrected chi connectivity index (χ4v) is 3.02. The first-order valence-electron chi connectivity index (χ1n) is 8.59. The highest BCUT2D eigenvalue weighted by atomic mass is 16.1. The number of hydrogen-bond acceptors (Lipinski definition) is 3. The van der Waals surface area contributed by atoms with Crippen molar-refractivity contribution in [1.82, 2.24) is 5.32 Å². The minimum atomic E-state index is -0.265. The van der Waals surface area contributed by atoms with Gasteiger partial charge in [-0.2, -0.15) is 5.26 Å². The number of nitriles is 1. The number of amides is 1. The minimum Gasteiger partial charge on any atom is -0.342 e. The summed E-state index contributed by atoms with van der Waals surface area (Å²) in [5, 5.41) is 11.4. The molecule has 0 spiro atoms. The van der Waals surface area contributed by atoms with Gasteiger partial charge in [0.05, 0.1) is 12.0 Å². The van der Waals surface area contributed by atoms with Crippen LogP contribution in [0.15, 0.2) is 48.5 Å². The van der Waals surface area contributed by atoms with Crippen LogP contribution in [0.2, 0.25) is 0 Å². The molecule has 0 aliphatic rings. The molecule has 2 rings (SSSR count). The van der Waals surface area contributed by atoms with E-state index in [1.807, 2.05) is 42.5 Å². The number of rotatable bonds is 7. The zero-order valence-corrected chi connectivity index (χ0v) is 14.8. The summed E-state index contributed by atoms with van der Waals surface area (Å²) >= 11 is 0. The Hall–Kier alpha value is -2.64. The molecule has 0 bridgehead atoms. The molecule has 0 radical (unpaired) electrons. The highest BCUT2D eigenvalue weighted by molar-refractivity contribution is 5.84. The van der Waals surface area contributed by atoms with Crippen molar-refractivity contribution in [3.8, 4) is 17.2 Å². The van der Waals surface area contributed by atoms with Crippen LogP contribution < -0.4 is 11.1 Å². The lowest BCUT2D eigenvalue weighted by Gasteiger charge is -2.19. The van der Waals surface area contributed by atoms with E-state index in [1.54, 1.807) is 0 Å². The smallest absolute Gasteiger partial charge is 0.228 e. The predicted molar refractivity (Wildman–Crippen MR) is 101 cm³/mol. The SMILES string of the molecule is CC(C)C[C@@H](C(=O)NCC#N)c1cccc(-c2ccccc2CN)c1. The Morgan fingerprint density at radius 2 is 1.96 bits per heavy atom. The summed E-state index contributed by atoms with van der Waals surface area (Å²) in [5.41, 5.74) is 10.1. The van der Waals surface area contributed by atoms with Crippen LogP contribution in [-0.2, 0) is 11.3 Å². The number of carbonyl (C=O) groups excluding carboxylic acids is 1. The van der Waals surface area contributed by atoms with Crippen LogP contribution in [0.3, 0.4) is 0 Å². The third-order valence-corrected chi connectivity index (χ3v) is 4.20. The second-order valence-electron chi connectivity index (χ2n) is 6.54. The maximum absolute atomic E-state index is 12.5. The van der Waals surface area contributed by atoms with Crippen molar-refractivity contribution in [1.29, 1.82) is 5.26 Å². The van der Waals surface area contributed by atoms with Gasteiger partial charge in [0.15, 0.2) is 0 Å². The van der Waals surface area contributed by atoms with Gasteiger partial charge >= 0.3 is 0 Å². The van der Waals surface area contributed by atoms with Crippen LogP contribution in [0.4, 0.5) is 0 Å². The number of nitrogens with two attached hydrogens (primary N) is 1. The topological polar surface area (TPSA) is 78.9 Å². The Morgan fingerprint density at radius 1 is 1.20 bits per heavy atom. The molecule has 0 saturated heterocycles. The highest BCUT2D eigenvalue weighted by Crippen LogP contribution is 2.30. The highest BCUT2D eigenvalue weighted by Gasteiger charge is 2.22. The van der Waals surface area contributed by atoms with E-state index in [1.165, 1.54) is 0 Å². The number of carbonyl (C=O) groups is 1. The van der Waals surface area contributed by atoms with Crippen molar-refractivity contribution < 1.29 is 4.79 Å². The van der Waals surface area contributed by atoms with Gasteiger partial charge in [-0.3, -0.25) is 4.79 Å². The summed E-state index contributed by atoms with van der Waals surface area (Å²) < 4.78 is 0. The summed E-state index contributed by atoms with van der Waals surface area (Å²) in [6, 6.07) is 18.1. The molecular formula is C21H25N3O. The van der Waals surface area contributed by atoms with Crippen molar-refractivity contribution in [2.75, 3.05) is 6.54 Å². The fraction of sp³-hybridized carbons (Fsp3) is 0.333. The molecule has 1 amide bonds. The average molecular weight is 335 g/mol. The second kappa shape index (κ2) is 9.00. The lowest BCUT2D eigenvalue weighted by Crippen LogP contribution is -2.30. The maximum Gasteiger partial charge on any atom is 0.228 e. The van der Waals surface area contributed by atoms with Gasteiger partial charge in [-0.15, -0.1) is 0 Å². The summed E-state index contributed by atoms with van der Waals surface area (Å²) in [7, 11) is 0. The van der Waals surface area contributed by atoms with E-state index < -0.39 is 0 Å². The minimum absolute atomic E-state index is 0.0309. The van der Waals surface area contributed by atoms with Crippen LogP contribution in [0.1, 0.15) is 37.3 Å². The molecule has 0 heterocycles. The van der Waals surface area contributed by atoms with Crippen LogP contribution in [0.5, 0.6) is 0 Å². The molecule has 0 aliphatic carbocycles. The molecule has 25 heavy (non-hydrogen) atoms. The van der Waals surface area contributed by atoms with Gasteiger partial charge in [0.2, 0.25) is 5.91 Å². The maximum atomic E-state index is 12.5. The van der Waals surface area contributed by atoms with Gasteiger partial charge in [-0.1, -0.05) is 62.4 Å². The Kier molecular flexibility index (Phi) is 6.73. The van der Waals surface area contributed by atoms with Crippen LogP contribution in [0, 0.1) is 17.2 Å². The molecule has 0 aromatic heterocycles. The van der Waals surface area contributed by atoms with E-state index in [0.29, 0.717) is 12.5 Å². The van der Waals surface area contributed by atoms with Crippen LogP contribution >= 0.6 is 0 Å². The molecule has 4 nitrogen and oxygen atoms in total. The zero-order valence-electron chi connectivity index (χ0n) is 14.8. The first-order valence-corrected chi connectivity index (χ1v) is 8.59. The summed E-state index contributed by atoms with van der Waals surface area (Å²) in [4.78, 5) is 12.5. The van der Waals surface area contributed by atoms with E-state index in [-0.39, 0.29) is 18.4 Å². The van der Waals surface area contributed by atoms with E-state index in [9.17, 15) is 4.79 Å². The van der Waals surface area contributed by atoms with Gasteiger partial charge < -0.3 is 11.1 Å². The first-order chi connectivity index (χ1) is 12.1. The first kappa shape index (κ1) is 18.7. The van der Waals surface area contributed by atoms with Crippen molar-refractivity contribution in [2.24, 2.45) is 11.7 Å². The van der Waals surface area contributed by atoms with E-state index in [2.05, 4.69) is 31.3 Å². The summed E-state index contributed by atoms with van der Waals surface area (Å²) in [5.74, 6) is 0.00988. The van der Waals surface area contributed by atoms with Gasteiger partial charge in [0.25, 0.3) is 0 Å². The molecule has 2 aromatic rings. The van der Waals surface area contributed by atoms with Crippen molar-refractivity contribution >= 4 is 5.91 Å². The van der Waals surface area contributed by atoms with Crippen molar-refractivity contribution in [3.05, 3.63) is 59.7 Å². The lowest BCUT2D eigenvalue weighted by molar-refractivity contribution is -0.122. The van der Waals surface area contributed by atoms with Gasteiger partial charge in [0.1, 0.15) is 6.54 Å². The van der Waals surface area contributed by atoms with E-state index in [0.717, 1.165) is 28.7 Å². The zero-order chi connectivity index (χ0) is 18.2. The van der Waals surface area contributed by atoms with Gasteiger partial charge in [0, 0.05) is 6.54 Å². The Labute approximate surface area is 149 Å². The van der Waals surface area contributed by atoms with Crippen molar-refractivity contribution in [3.63, 3.8) is 0 Å². The summed E-state index contributed by atoms with van der Waals surface area (Å²) in [6.07, 6.45) is 0.735. The van der Waals surface area contributed by atoms with E-state index >= 15 is 0 Å². The lowest BCUT2D eigenvalue weighted by atomic mass is 9.87. The van der Waals surface area contributed by atoms with Gasteiger partial charge in [-0.05, 0) is 34.6 Å². The quantitative estimate of drug-likeness (QED) is 0.759. The Morgan fingerprint density at radius 3 is 2.64 bits per heavy atom. The Balaban J connectivity index is 2.39. The number of hydrogen-bond donors (Lipinski definition) is 2. The average Bonchev–Trinajstić information content (AvgIpc) is 2.64. The fourth-order valence-electron chi connectivity index (χ4n) is 3.02. The van der Waals surface area contributed by atoms with E-state index in [4.69, 9.17) is 11.0 Å². The number of nitrogens with zero attached hydrogens (tertiary/aromatic N) is 1. The van der Waals surface area contributed by atoms with Crippen LogP contribution in [-0.4, -0.2) is 12.5 Å². The molecule has 0 unspecified atom stereocenters. The monoisotopic (exact) mass is 335 g/mol. The molecule has 3 N–H and O–H groups in total. The third kappa shape index (κ3) is 4.91. The number of nitrogens with one attached hydrogen (secondary N) is 1. The molecule has 2 aromatic carbocycles. The van der Waals surface area contributed by atoms with Gasteiger partial charge in [-0.25, -0.2) is 0 Å². The largest absolute Gasteiger partial charge is 0.342 e. The second-order valence-corrected chi connectivity index (χ2v) is 6.54. The molecular weight excluding hydrogens is 310 g/mol. The third-order valence-electron chi connectivity index (χ3n) is 4.20. The number of benzene rings is 2. The normalized spacial score (nSPS) is 11.8. The summed E-state index contributed by atoms with van der Waals surface area (Å²) in [6.45, 7) is 4.69. The molecule has 4 heteroatoms. The molecule has 0 saturated carbocycles. The van der Waals surface area contributed by atoms with Crippen LogP contribution in [0.25, 0.3) is 11.1 Å². The molecule has 130 valence electrons.